The second-order valence-corrected chi connectivity index (χ2v) is 10.7. The predicted molar refractivity (Wildman–Crippen MR) is 104 cm³/mol. The van der Waals surface area contributed by atoms with Gasteiger partial charge in [-0.05, 0) is 35.7 Å². The van der Waals surface area contributed by atoms with Gasteiger partial charge in [-0.15, -0.1) is 0 Å². The van der Waals surface area contributed by atoms with Gasteiger partial charge in [-0.1, -0.05) is 44.2 Å². The first kappa shape index (κ1) is 20.0. The van der Waals surface area contributed by atoms with Crippen LogP contribution in [0.3, 0.4) is 0 Å². The Hall–Kier alpha value is -1.74. The molecule has 0 aromatic heterocycles. The number of sulfonamides is 2. The summed E-state index contributed by atoms with van der Waals surface area (Å²) >= 11 is 0. The van der Waals surface area contributed by atoms with Crippen LogP contribution in [0.15, 0.2) is 64.4 Å². The van der Waals surface area contributed by atoms with Gasteiger partial charge in [0.25, 0.3) is 0 Å². The summed E-state index contributed by atoms with van der Waals surface area (Å²) in [7, 11) is -7.23. The fourth-order valence-corrected chi connectivity index (χ4v) is 5.93. The largest absolute Gasteiger partial charge is 0.243 e. The molecular formula is C19H24N2O4S2. The van der Waals surface area contributed by atoms with Crippen LogP contribution in [-0.4, -0.2) is 51.6 Å². The van der Waals surface area contributed by atoms with E-state index in [1.165, 1.54) is 8.61 Å². The Morgan fingerprint density at radius 3 is 1.48 bits per heavy atom. The Bertz CT molecular complexity index is 978. The third-order valence-corrected chi connectivity index (χ3v) is 8.59. The molecular weight excluding hydrogens is 384 g/mol. The zero-order chi connectivity index (χ0) is 19.7. The summed E-state index contributed by atoms with van der Waals surface area (Å²) in [5, 5.41) is 0. The first-order valence-corrected chi connectivity index (χ1v) is 11.8. The lowest BCUT2D eigenvalue weighted by Gasteiger charge is -2.33. The summed E-state index contributed by atoms with van der Waals surface area (Å²) < 4.78 is 53.7. The summed E-state index contributed by atoms with van der Waals surface area (Å²) in [5.74, 6) is 0.327. The molecule has 1 heterocycles. The van der Waals surface area contributed by atoms with Gasteiger partial charge >= 0.3 is 0 Å². The second-order valence-electron chi connectivity index (χ2n) is 6.84. The van der Waals surface area contributed by atoms with Crippen LogP contribution < -0.4 is 0 Å². The van der Waals surface area contributed by atoms with Gasteiger partial charge in [0, 0.05) is 26.2 Å². The summed E-state index contributed by atoms with van der Waals surface area (Å²) in [6.07, 6.45) is 0. The Morgan fingerprint density at radius 1 is 0.667 bits per heavy atom. The first-order chi connectivity index (χ1) is 12.7. The molecule has 3 rings (SSSR count). The number of nitrogens with zero attached hydrogens (tertiary/aromatic N) is 2. The van der Waals surface area contributed by atoms with Crippen LogP contribution in [0.1, 0.15) is 25.3 Å². The van der Waals surface area contributed by atoms with E-state index in [1.54, 1.807) is 42.5 Å². The highest BCUT2D eigenvalue weighted by Gasteiger charge is 2.33. The topological polar surface area (TPSA) is 74.8 Å². The molecule has 0 amide bonds. The van der Waals surface area contributed by atoms with Crippen LogP contribution in [-0.2, 0) is 20.0 Å². The van der Waals surface area contributed by atoms with Gasteiger partial charge in [0.15, 0.2) is 0 Å². The lowest BCUT2D eigenvalue weighted by atomic mass is 10.0. The quantitative estimate of drug-likeness (QED) is 0.762. The third-order valence-electron chi connectivity index (χ3n) is 4.76. The van der Waals surface area contributed by atoms with Crippen molar-refractivity contribution >= 4 is 20.0 Å². The number of rotatable bonds is 5. The van der Waals surface area contributed by atoms with Crippen molar-refractivity contribution in [2.24, 2.45) is 0 Å². The van der Waals surface area contributed by atoms with Crippen LogP contribution in [0, 0.1) is 0 Å². The van der Waals surface area contributed by atoms with E-state index in [4.69, 9.17) is 0 Å². The van der Waals surface area contributed by atoms with E-state index in [2.05, 4.69) is 13.8 Å². The van der Waals surface area contributed by atoms with E-state index in [1.807, 2.05) is 12.1 Å². The molecule has 0 atom stereocenters. The summed E-state index contributed by atoms with van der Waals surface area (Å²) in [6.45, 7) is 4.66. The average Bonchev–Trinajstić information content (AvgIpc) is 2.69. The third kappa shape index (κ3) is 4.08. The molecule has 0 saturated carbocycles. The molecule has 0 bridgehead atoms. The fourth-order valence-electron chi connectivity index (χ4n) is 3.07. The Morgan fingerprint density at radius 2 is 1.07 bits per heavy atom. The van der Waals surface area contributed by atoms with Crippen LogP contribution in [0.25, 0.3) is 0 Å². The maximum absolute atomic E-state index is 12.9. The second kappa shape index (κ2) is 7.71. The lowest BCUT2D eigenvalue weighted by molar-refractivity contribution is 0.273. The van der Waals surface area contributed by atoms with Crippen molar-refractivity contribution in [1.29, 1.82) is 0 Å². The molecule has 0 radical (unpaired) electrons. The van der Waals surface area contributed by atoms with Crippen molar-refractivity contribution in [2.75, 3.05) is 26.2 Å². The number of hydrogen-bond donors (Lipinski definition) is 0. The summed E-state index contributed by atoms with van der Waals surface area (Å²) in [4.78, 5) is 0.469. The van der Waals surface area contributed by atoms with Crippen LogP contribution >= 0.6 is 0 Å². The number of benzene rings is 2. The van der Waals surface area contributed by atoms with Gasteiger partial charge in [-0.3, -0.25) is 0 Å². The molecule has 1 fully saturated rings. The van der Waals surface area contributed by atoms with Gasteiger partial charge in [-0.25, -0.2) is 16.8 Å². The lowest BCUT2D eigenvalue weighted by Crippen LogP contribution is -2.50. The predicted octanol–water partition coefficient (Wildman–Crippen LogP) is 2.51. The maximum atomic E-state index is 12.9. The van der Waals surface area contributed by atoms with Gasteiger partial charge in [0.2, 0.25) is 20.0 Å². The van der Waals surface area contributed by atoms with Crippen molar-refractivity contribution in [1.82, 2.24) is 8.61 Å². The average molecular weight is 409 g/mol. The van der Waals surface area contributed by atoms with Crippen molar-refractivity contribution < 1.29 is 16.8 Å². The van der Waals surface area contributed by atoms with Gasteiger partial charge in [0.05, 0.1) is 9.79 Å². The molecule has 0 N–H and O–H groups in total. The smallest absolute Gasteiger partial charge is 0.207 e. The maximum Gasteiger partial charge on any atom is 0.243 e. The monoisotopic (exact) mass is 408 g/mol. The van der Waals surface area contributed by atoms with E-state index in [0.717, 1.165) is 5.56 Å². The SMILES string of the molecule is CC(C)c1ccc(S(=O)(=O)N2CCN(S(=O)(=O)c3ccccc3)CC2)cc1. The Labute approximate surface area is 161 Å². The van der Waals surface area contributed by atoms with Crippen molar-refractivity contribution in [3.63, 3.8) is 0 Å². The van der Waals surface area contributed by atoms with Crippen LogP contribution in [0.4, 0.5) is 0 Å². The van der Waals surface area contributed by atoms with Gasteiger partial charge in [-0.2, -0.15) is 8.61 Å². The minimum Gasteiger partial charge on any atom is -0.207 e. The highest BCUT2D eigenvalue weighted by Crippen LogP contribution is 2.23. The zero-order valence-electron chi connectivity index (χ0n) is 15.4. The van der Waals surface area contributed by atoms with Crippen LogP contribution in [0.2, 0.25) is 0 Å². The normalized spacial score (nSPS) is 17.3. The molecule has 6 nitrogen and oxygen atoms in total. The number of hydrogen-bond acceptors (Lipinski definition) is 4. The van der Waals surface area contributed by atoms with Gasteiger partial charge < -0.3 is 0 Å². The van der Waals surface area contributed by atoms with Gasteiger partial charge in [0.1, 0.15) is 0 Å². The van der Waals surface area contributed by atoms with Crippen molar-refractivity contribution in [2.45, 2.75) is 29.6 Å². The minimum absolute atomic E-state index is 0.139. The molecule has 2 aromatic carbocycles. The molecule has 8 heteroatoms. The van der Waals surface area contributed by atoms with Crippen molar-refractivity contribution in [3.8, 4) is 0 Å². The summed E-state index contributed by atoms with van der Waals surface area (Å²) in [5.41, 5.74) is 1.08. The fraction of sp³-hybridized carbons (Fsp3) is 0.368. The molecule has 0 unspecified atom stereocenters. The highest BCUT2D eigenvalue weighted by atomic mass is 32.2. The molecule has 1 aliphatic rings. The van der Waals surface area contributed by atoms with Crippen LogP contribution in [0.5, 0.6) is 0 Å². The van der Waals surface area contributed by atoms with E-state index in [0.29, 0.717) is 5.92 Å². The summed E-state index contributed by atoms with van der Waals surface area (Å²) in [6, 6.07) is 15.1. The number of piperazine rings is 1. The van der Waals surface area contributed by atoms with E-state index >= 15 is 0 Å². The Kier molecular flexibility index (Phi) is 5.71. The molecule has 0 aliphatic carbocycles. The highest BCUT2D eigenvalue weighted by molar-refractivity contribution is 7.89. The molecule has 0 spiro atoms. The van der Waals surface area contributed by atoms with E-state index in [9.17, 15) is 16.8 Å². The van der Waals surface area contributed by atoms with E-state index < -0.39 is 20.0 Å². The molecule has 1 aliphatic heterocycles. The van der Waals surface area contributed by atoms with E-state index in [-0.39, 0.29) is 36.0 Å². The minimum atomic E-state index is -3.63. The zero-order valence-corrected chi connectivity index (χ0v) is 17.1. The Balaban J connectivity index is 1.73. The molecule has 1 saturated heterocycles. The van der Waals surface area contributed by atoms with Crippen molar-refractivity contribution in [3.05, 3.63) is 60.2 Å². The molecule has 27 heavy (non-hydrogen) atoms. The first-order valence-electron chi connectivity index (χ1n) is 8.88. The molecule has 2 aromatic rings. The standard InChI is InChI=1S/C19H24N2O4S2/c1-16(2)17-8-10-19(11-9-17)27(24,25)21-14-12-20(13-15-21)26(22,23)18-6-4-3-5-7-18/h3-11,16H,12-15H2,1-2H3. The molecule has 146 valence electrons.